The molecule has 7 nitrogen and oxygen atoms in total. The Kier molecular flexibility index (Phi) is 5.06. The van der Waals surface area contributed by atoms with Crippen LogP contribution < -0.4 is 5.32 Å². The van der Waals surface area contributed by atoms with E-state index < -0.39 is 5.97 Å². The number of aromatic nitrogens is 1. The van der Waals surface area contributed by atoms with E-state index in [0.717, 1.165) is 44.3 Å². The summed E-state index contributed by atoms with van der Waals surface area (Å²) in [7, 11) is 0. The van der Waals surface area contributed by atoms with Crippen molar-refractivity contribution in [2.75, 3.05) is 25.1 Å². The second kappa shape index (κ2) is 7.61. The zero-order chi connectivity index (χ0) is 17.9. The summed E-state index contributed by atoms with van der Waals surface area (Å²) in [6.45, 7) is 0.894. The highest BCUT2D eigenvalue weighted by atomic mass is 16.5. The van der Waals surface area contributed by atoms with Gasteiger partial charge in [-0.15, -0.1) is 0 Å². The van der Waals surface area contributed by atoms with E-state index in [4.69, 9.17) is 9.47 Å². The third-order valence-electron chi connectivity index (χ3n) is 5.31. The highest BCUT2D eigenvalue weighted by Crippen LogP contribution is 2.28. The molecular formula is C19H25N3O4. The first-order chi connectivity index (χ1) is 12.7. The first-order valence-electron chi connectivity index (χ1n) is 9.51. The van der Waals surface area contributed by atoms with Crippen LogP contribution in [-0.2, 0) is 14.3 Å². The molecule has 1 amide bonds. The third-order valence-corrected chi connectivity index (χ3v) is 5.31. The Balaban J connectivity index is 1.29. The highest BCUT2D eigenvalue weighted by Gasteiger charge is 2.36. The van der Waals surface area contributed by atoms with Crippen LogP contribution in [0.25, 0.3) is 0 Å². The molecular weight excluding hydrogens is 334 g/mol. The van der Waals surface area contributed by atoms with Crippen LogP contribution >= 0.6 is 0 Å². The maximum absolute atomic E-state index is 12.5. The van der Waals surface area contributed by atoms with Crippen molar-refractivity contribution in [3.8, 4) is 0 Å². The van der Waals surface area contributed by atoms with Crippen molar-refractivity contribution >= 4 is 17.7 Å². The van der Waals surface area contributed by atoms with E-state index in [1.54, 1.807) is 12.1 Å². The van der Waals surface area contributed by atoms with Gasteiger partial charge in [0.15, 0.2) is 6.61 Å². The van der Waals surface area contributed by atoms with Crippen LogP contribution in [0.15, 0.2) is 18.3 Å². The summed E-state index contributed by atoms with van der Waals surface area (Å²) in [5.41, 5.74) is 0.358. The summed E-state index contributed by atoms with van der Waals surface area (Å²) in [4.78, 5) is 30.8. The van der Waals surface area contributed by atoms with Gasteiger partial charge in [0.2, 0.25) is 0 Å². The first kappa shape index (κ1) is 17.3. The SMILES string of the molecule is O=C(OCC(=O)N1CCO[C@H]2CCCC[C@H]21)c1ccc(NC2CC2)nc1. The molecule has 0 bridgehead atoms. The average Bonchev–Trinajstić information content (AvgIpc) is 3.50. The van der Waals surface area contributed by atoms with Gasteiger partial charge in [0.05, 0.1) is 24.3 Å². The number of fused-ring (bicyclic) bond motifs is 1. The van der Waals surface area contributed by atoms with Crippen molar-refractivity contribution in [1.29, 1.82) is 0 Å². The number of hydrogen-bond acceptors (Lipinski definition) is 6. The number of nitrogens with one attached hydrogen (secondary N) is 1. The number of amides is 1. The van der Waals surface area contributed by atoms with Crippen LogP contribution in [0.3, 0.4) is 0 Å². The molecule has 1 aromatic rings. The van der Waals surface area contributed by atoms with Gasteiger partial charge >= 0.3 is 5.97 Å². The lowest BCUT2D eigenvalue weighted by atomic mass is 9.90. The van der Waals surface area contributed by atoms with Crippen molar-refractivity contribution in [3.63, 3.8) is 0 Å². The fourth-order valence-corrected chi connectivity index (χ4v) is 3.74. The van der Waals surface area contributed by atoms with E-state index in [1.165, 1.54) is 6.20 Å². The number of pyridine rings is 1. The number of carbonyl (C=O) groups excluding carboxylic acids is 2. The van der Waals surface area contributed by atoms with Crippen molar-refractivity contribution in [2.45, 2.75) is 56.7 Å². The molecule has 140 valence electrons. The lowest BCUT2D eigenvalue weighted by Crippen LogP contribution is -2.55. The monoisotopic (exact) mass is 359 g/mol. The number of carbonyl (C=O) groups is 2. The average molecular weight is 359 g/mol. The number of rotatable bonds is 5. The number of morpholine rings is 1. The standard InChI is InChI=1S/C19H25N3O4/c23-18(22-9-10-25-16-4-2-1-3-15(16)22)12-26-19(24)13-5-8-17(20-11-13)21-14-6-7-14/h5,8,11,14-16H,1-4,6-7,9-10,12H2,(H,20,21)/t15-,16+/m1/s1. The van der Waals surface area contributed by atoms with E-state index in [2.05, 4.69) is 10.3 Å². The minimum absolute atomic E-state index is 0.123. The maximum Gasteiger partial charge on any atom is 0.340 e. The van der Waals surface area contributed by atoms with Crippen LogP contribution in [-0.4, -0.2) is 59.7 Å². The fourth-order valence-electron chi connectivity index (χ4n) is 3.74. The summed E-state index contributed by atoms with van der Waals surface area (Å²) >= 11 is 0. The largest absolute Gasteiger partial charge is 0.452 e. The van der Waals surface area contributed by atoms with Crippen molar-refractivity contribution < 1.29 is 19.1 Å². The Bertz CT molecular complexity index is 657. The molecule has 26 heavy (non-hydrogen) atoms. The van der Waals surface area contributed by atoms with Crippen molar-refractivity contribution in [3.05, 3.63) is 23.9 Å². The molecule has 2 saturated carbocycles. The van der Waals surface area contributed by atoms with Crippen molar-refractivity contribution in [1.82, 2.24) is 9.88 Å². The van der Waals surface area contributed by atoms with Crippen LogP contribution in [0, 0.1) is 0 Å². The van der Waals surface area contributed by atoms with Crippen LogP contribution in [0.4, 0.5) is 5.82 Å². The van der Waals surface area contributed by atoms with Crippen molar-refractivity contribution in [2.24, 2.45) is 0 Å². The van der Waals surface area contributed by atoms with Crippen LogP contribution in [0.5, 0.6) is 0 Å². The lowest BCUT2D eigenvalue weighted by Gasteiger charge is -2.43. The van der Waals surface area contributed by atoms with Gasteiger partial charge in [-0.05, 0) is 37.8 Å². The van der Waals surface area contributed by atoms with E-state index >= 15 is 0 Å². The van der Waals surface area contributed by atoms with Gasteiger partial charge in [-0.1, -0.05) is 12.8 Å². The molecule has 0 aromatic carbocycles. The number of hydrogen-bond donors (Lipinski definition) is 1. The number of ether oxygens (including phenoxy) is 2. The zero-order valence-corrected chi connectivity index (χ0v) is 14.9. The van der Waals surface area contributed by atoms with Gasteiger partial charge in [0.25, 0.3) is 5.91 Å². The summed E-state index contributed by atoms with van der Waals surface area (Å²) < 4.78 is 11.0. The second-order valence-electron chi connectivity index (χ2n) is 7.28. The second-order valence-corrected chi connectivity index (χ2v) is 7.28. The minimum Gasteiger partial charge on any atom is -0.452 e. The summed E-state index contributed by atoms with van der Waals surface area (Å²) in [5, 5.41) is 3.27. The predicted molar refractivity (Wildman–Crippen MR) is 94.9 cm³/mol. The first-order valence-corrected chi connectivity index (χ1v) is 9.51. The molecule has 0 unspecified atom stereocenters. The van der Waals surface area contributed by atoms with E-state index in [0.29, 0.717) is 24.8 Å². The Morgan fingerprint density at radius 1 is 1.23 bits per heavy atom. The van der Waals surface area contributed by atoms with Crippen LogP contribution in [0.1, 0.15) is 48.9 Å². The zero-order valence-electron chi connectivity index (χ0n) is 14.9. The van der Waals surface area contributed by atoms with E-state index in [-0.39, 0.29) is 24.7 Å². The molecule has 2 aliphatic carbocycles. The number of esters is 1. The highest BCUT2D eigenvalue weighted by molar-refractivity contribution is 5.91. The molecule has 2 heterocycles. The predicted octanol–water partition coefficient (Wildman–Crippen LogP) is 1.98. The lowest BCUT2D eigenvalue weighted by molar-refractivity contribution is -0.152. The molecule has 0 spiro atoms. The van der Waals surface area contributed by atoms with Gasteiger partial charge < -0.3 is 19.7 Å². The Morgan fingerprint density at radius 2 is 2.08 bits per heavy atom. The third kappa shape index (κ3) is 3.98. The molecule has 4 rings (SSSR count). The quantitative estimate of drug-likeness (QED) is 0.810. The molecule has 2 atom stereocenters. The normalized spacial score (nSPS) is 25.3. The minimum atomic E-state index is -0.516. The van der Waals surface area contributed by atoms with Gasteiger partial charge in [0, 0.05) is 18.8 Å². The number of anilines is 1. The molecule has 1 aliphatic heterocycles. The Labute approximate surface area is 153 Å². The van der Waals surface area contributed by atoms with Gasteiger partial charge in [-0.3, -0.25) is 4.79 Å². The molecule has 3 aliphatic rings. The molecule has 1 aromatic heterocycles. The Morgan fingerprint density at radius 3 is 2.85 bits per heavy atom. The van der Waals surface area contributed by atoms with E-state index in [9.17, 15) is 9.59 Å². The molecule has 7 heteroatoms. The number of nitrogens with zero attached hydrogens (tertiary/aromatic N) is 2. The topological polar surface area (TPSA) is 80.8 Å². The molecule has 3 fully saturated rings. The molecule has 1 N–H and O–H groups in total. The smallest absolute Gasteiger partial charge is 0.340 e. The maximum atomic E-state index is 12.5. The Hall–Kier alpha value is -2.15. The van der Waals surface area contributed by atoms with Gasteiger partial charge in [-0.25, -0.2) is 9.78 Å². The van der Waals surface area contributed by atoms with E-state index in [1.807, 2.05) is 4.90 Å². The summed E-state index contributed by atoms with van der Waals surface area (Å²) in [6.07, 6.45) is 8.17. The van der Waals surface area contributed by atoms with Gasteiger partial charge in [0.1, 0.15) is 5.82 Å². The van der Waals surface area contributed by atoms with Gasteiger partial charge in [-0.2, -0.15) is 0 Å². The molecule has 0 radical (unpaired) electrons. The summed E-state index contributed by atoms with van der Waals surface area (Å²) in [5.74, 6) is 0.104. The van der Waals surface area contributed by atoms with Crippen LogP contribution in [0.2, 0.25) is 0 Å². The fraction of sp³-hybridized carbons (Fsp3) is 0.632. The summed E-state index contributed by atoms with van der Waals surface area (Å²) in [6, 6.07) is 4.08. The molecule has 1 saturated heterocycles.